The molecule has 1 amide bonds. The van der Waals surface area contributed by atoms with Gasteiger partial charge in [-0.25, -0.2) is 0 Å². The Bertz CT molecular complexity index is 714. The van der Waals surface area contributed by atoms with E-state index in [4.69, 9.17) is 0 Å². The van der Waals surface area contributed by atoms with Crippen molar-refractivity contribution >= 4 is 17.3 Å². The summed E-state index contributed by atoms with van der Waals surface area (Å²) < 4.78 is 0. The van der Waals surface area contributed by atoms with Gasteiger partial charge in [0.2, 0.25) is 5.91 Å². The number of nitrogens with one attached hydrogen (secondary N) is 2. The summed E-state index contributed by atoms with van der Waals surface area (Å²) in [5.74, 6) is -0.0241. The number of hydrogen-bond donors (Lipinski definition) is 2. The average molecular weight is 341 g/mol. The van der Waals surface area contributed by atoms with Crippen LogP contribution in [0.2, 0.25) is 0 Å². The Morgan fingerprint density at radius 1 is 1.04 bits per heavy atom. The van der Waals surface area contributed by atoms with E-state index in [1.54, 1.807) is 18.2 Å². The molecular weight excluding hydrogens is 318 g/mol. The van der Waals surface area contributed by atoms with Crippen molar-refractivity contribution in [3.63, 3.8) is 0 Å². The molecule has 0 heterocycles. The predicted molar refractivity (Wildman–Crippen MR) is 98.7 cm³/mol. The summed E-state index contributed by atoms with van der Waals surface area (Å²) in [6.07, 6.45) is 2.14. The molecule has 0 fully saturated rings. The molecule has 6 nitrogen and oxygen atoms in total. The highest BCUT2D eigenvalue weighted by molar-refractivity contribution is 5.76. The van der Waals surface area contributed by atoms with E-state index in [1.807, 2.05) is 0 Å². The van der Waals surface area contributed by atoms with E-state index in [-0.39, 0.29) is 11.6 Å². The molecule has 0 saturated heterocycles. The van der Waals surface area contributed by atoms with Crippen molar-refractivity contribution in [2.45, 2.75) is 26.2 Å². The van der Waals surface area contributed by atoms with Gasteiger partial charge in [-0.3, -0.25) is 14.9 Å². The molecular formula is C19H23N3O3. The monoisotopic (exact) mass is 341 g/mol. The maximum Gasteiger partial charge on any atom is 0.292 e. The Morgan fingerprint density at radius 2 is 1.72 bits per heavy atom. The summed E-state index contributed by atoms with van der Waals surface area (Å²) in [6.45, 7) is 2.96. The van der Waals surface area contributed by atoms with Crippen LogP contribution in [0.25, 0.3) is 0 Å². The highest BCUT2D eigenvalue weighted by Gasteiger charge is 2.11. The minimum absolute atomic E-state index is 0.0241. The van der Waals surface area contributed by atoms with Gasteiger partial charge in [-0.05, 0) is 30.0 Å². The summed E-state index contributed by atoms with van der Waals surface area (Å²) in [5, 5.41) is 16.7. The van der Waals surface area contributed by atoms with Crippen molar-refractivity contribution in [2.75, 3.05) is 18.4 Å². The molecule has 0 saturated carbocycles. The van der Waals surface area contributed by atoms with E-state index in [1.165, 1.54) is 11.6 Å². The lowest BCUT2D eigenvalue weighted by Crippen LogP contribution is -2.29. The summed E-state index contributed by atoms with van der Waals surface area (Å²) in [6, 6.07) is 14.7. The molecule has 0 aliphatic carbocycles. The maximum absolute atomic E-state index is 11.9. The largest absolute Gasteiger partial charge is 0.378 e. The normalized spacial score (nSPS) is 10.3. The van der Waals surface area contributed by atoms with E-state index < -0.39 is 4.92 Å². The van der Waals surface area contributed by atoms with Crippen LogP contribution in [0.4, 0.5) is 11.4 Å². The minimum atomic E-state index is -0.426. The number of carbonyl (C=O) groups excluding carboxylic acids is 1. The standard InChI is InChI=1S/C19H23N3O3/c1-2-15-7-9-16(10-8-15)11-12-19(23)21-14-13-20-17-5-3-4-6-18(17)22(24)25/h3-10,20H,2,11-14H2,1H3,(H,21,23). The van der Waals surface area contributed by atoms with Gasteiger partial charge < -0.3 is 10.6 Å². The molecule has 2 aromatic carbocycles. The van der Waals surface area contributed by atoms with E-state index in [9.17, 15) is 14.9 Å². The van der Waals surface area contributed by atoms with Crippen molar-refractivity contribution in [2.24, 2.45) is 0 Å². The van der Waals surface area contributed by atoms with Crippen molar-refractivity contribution in [3.05, 3.63) is 69.8 Å². The number of rotatable bonds is 9. The molecule has 25 heavy (non-hydrogen) atoms. The number of carbonyl (C=O) groups is 1. The molecule has 0 unspecified atom stereocenters. The van der Waals surface area contributed by atoms with Gasteiger partial charge in [0.1, 0.15) is 5.69 Å². The Balaban J connectivity index is 1.69. The Morgan fingerprint density at radius 3 is 2.40 bits per heavy atom. The van der Waals surface area contributed by atoms with Crippen molar-refractivity contribution in [1.29, 1.82) is 0 Å². The molecule has 0 bridgehead atoms. The van der Waals surface area contributed by atoms with E-state index in [0.717, 1.165) is 12.0 Å². The Labute approximate surface area is 147 Å². The first-order valence-electron chi connectivity index (χ1n) is 8.42. The van der Waals surface area contributed by atoms with Crippen LogP contribution >= 0.6 is 0 Å². The van der Waals surface area contributed by atoms with Crippen LogP contribution in [0.3, 0.4) is 0 Å². The van der Waals surface area contributed by atoms with Crippen LogP contribution in [0, 0.1) is 10.1 Å². The zero-order valence-electron chi connectivity index (χ0n) is 14.3. The fraction of sp³-hybridized carbons (Fsp3) is 0.316. The van der Waals surface area contributed by atoms with Crippen LogP contribution in [-0.4, -0.2) is 23.9 Å². The number of para-hydroxylation sites is 2. The first kappa shape index (κ1) is 18.4. The maximum atomic E-state index is 11.9. The number of hydrogen-bond acceptors (Lipinski definition) is 4. The summed E-state index contributed by atoms with van der Waals surface area (Å²) in [4.78, 5) is 22.4. The number of aryl methyl sites for hydroxylation is 2. The molecule has 132 valence electrons. The third-order valence-corrected chi connectivity index (χ3v) is 3.94. The van der Waals surface area contributed by atoms with Gasteiger partial charge in [-0.15, -0.1) is 0 Å². The van der Waals surface area contributed by atoms with Crippen molar-refractivity contribution < 1.29 is 9.72 Å². The molecule has 2 aromatic rings. The number of amides is 1. The van der Waals surface area contributed by atoms with E-state index >= 15 is 0 Å². The van der Waals surface area contributed by atoms with Gasteiger partial charge >= 0.3 is 0 Å². The molecule has 0 radical (unpaired) electrons. The number of nitrogens with zero attached hydrogens (tertiary/aromatic N) is 1. The first-order valence-corrected chi connectivity index (χ1v) is 8.42. The molecule has 0 spiro atoms. The third-order valence-electron chi connectivity index (χ3n) is 3.94. The van der Waals surface area contributed by atoms with Crippen LogP contribution in [0.5, 0.6) is 0 Å². The van der Waals surface area contributed by atoms with Gasteiger partial charge in [0.05, 0.1) is 4.92 Å². The molecule has 6 heteroatoms. The third kappa shape index (κ3) is 5.91. The average Bonchev–Trinajstić information content (AvgIpc) is 2.64. The minimum Gasteiger partial charge on any atom is -0.378 e. The lowest BCUT2D eigenvalue weighted by Gasteiger charge is -2.08. The second-order valence-electron chi connectivity index (χ2n) is 5.72. The molecule has 0 aliphatic heterocycles. The van der Waals surface area contributed by atoms with Crippen LogP contribution < -0.4 is 10.6 Å². The fourth-order valence-corrected chi connectivity index (χ4v) is 2.47. The van der Waals surface area contributed by atoms with Gasteiger partial charge in [0.15, 0.2) is 0 Å². The van der Waals surface area contributed by atoms with Gasteiger partial charge in [-0.2, -0.15) is 0 Å². The summed E-state index contributed by atoms with van der Waals surface area (Å²) in [7, 11) is 0. The Hall–Kier alpha value is -2.89. The zero-order chi connectivity index (χ0) is 18.1. The smallest absolute Gasteiger partial charge is 0.292 e. The van der Waals surface area contributed by atoms with E-state index in [2.05, 4.69) is 41.8 Å². The number of nitro groups is 1. The highest BCUT2D eigenvalue weighted by atomic mass is 16.6. The lowest BCUT2D eigenvalue weighted by atomic mass is 10.1. The van der Waals surface area contributed by atoms with Gasteiger partial charge in [0, 0.05) is 25.6 Å². The second-order valence-corrected chi connectivity index (χ2v) is 5.72. The van der Waals surface area contributed by atoms with Crippen molar-refractivity contribution in [3.8, 4) is 0 Å². The summed E-state index contributed by atoms with van der Waals surface area (Å²) in [5.41, 5.74) is 2.92. The number of benzene rings is 2. The SMILES string of the molecule is CCc1ccc(CCC(=O)NCCNc2ccccc2[N+](=O)[O-])cc1. The van der Waals surface area contributed by atoms with Crippen LogP contribution in [-0.2, 0) is 17.6 Å². The van der Waals surface area contributed by atoms with Crippen LogP contribution in [0.1, 0.15) is 24.5 Å². The molecule has 0 aromatic heterocycles. The summed E-state index contributed by atoms with van der Waals surface area (Å²) >= 11 is 0. The zero-order valence-corrected chi connectivity index (χ0v) is 14.3. The molecule has 0 atom stereocenters. The first-order chi connectivity index (χ1) is 12.1. The van der Waals surface area contributed by atoms with E-state index in [0.29, 0.717) is 31.6 Å². The molecule has 2 rings (SSSR count). The quantitative estimate of drug-likeness (QED) is 0.416. The van der Waals surface area contributed by atoms with Crippen LogP contribution in [0.15, 0.2) is 48.5 Å². The van der Waals surface area contributed by atoms with Gasteiger partial charge in [-0.1, -0.05) is 43.3 Å². The molecule has 0 aliphatic rings. The second kappa shape index (κ2) is 9.42. The highest BCUT2D eigenvalue weighted by Crippen LogP contribution is 2.22. The molecule has 2 N–H and O–H groups in total. The van der Waals surface area contributed by atoms with Gasteiger partial charge in [0.25, 0.3) is 5.69 Å². The topological polar surface area (TPSA) is 84.3 Å². The lowest BCUT2D eigenvalue weighted by molar-refractivity contribution is -0.384. The number of anilines is 1. The number of nitro benzene ring substituents is 1. The van der Waals surface area contributed by atoms with Crippen molar-refractivity contribution in [1.82, 2.24) is 5.32 Å². The Kier molecular flexibility index (Phi) is 6.95. The predicted octanol–water partition coefficient (Wildman–Crippen LogP) is 3.32. The fourth-order valence-electron chi connectivity index (χ4n) is 2.47.